The number of benzene rings is 2. The van der Waals surface area contributed by atoms with E-state index in [1.807, 2.05) is 62.6 Å². The lowest BCUT2D eigenvalue weighted by Gasteiger charge is -2.03. The van der Waals surface area contributed by atoms with Gasteiger partial charge in [0.15, 0.2) is 5.78 Å². The third-order valence-corrected chi connectivity index (χ3v) is 5.42. The van der Waals surface area contributed by atoms with E-state index in [0.717, 1.165) is 26.6 Å². The predicted molar refractivity (Wildman–Crippen MR) is 112 cm³/mol. The van der Waals surface area contributed by atoms with E-state index in [9.17, 15) is 4.79 Å². The molecule has 0 aliphatic carbocycles. The van der Waals surface area contributed by atoms with E-state index in [4.69, 9.17) is 4.74 Å². The number of thioether (sulfide) groups is 1. The number of hydrogen-bond acceptors (Lipinski definition) is 6. The summed E-state index contributed by atoms with van der Waals surface area (Å²) in [5.41, 5.74) is 2.74. The Labute approximate surface area is 161 Å². The van der Waals surface area contributed by atoms with Gasteiger partial charge in [0.2, 0.25) is 5.13 Å². The van der Waals surface area contributed by atoms with Crippen molar-refractivity contribution in [2.45, 2.75) is 20.3 Å². The number of ether oxygens (including phenoxy) is 1. The van der Waals surface area contributed by atoms with Gasteiger partial charge in [-0.1, -0.05) is 41.2 Å². The van der Waals surface area contributed by atoms with E-state index in [0.29, 0.717) is 17.3 Å². The van der Waals surface area contributed by atoms with Gasteiger partial charge in [0.05, 0.1) is 28.3 Å². The zero-order valence-electron chi connectivity index (χ0n) is 15.0. The third-order valence-electron chi connectivity index (χ3n) is 3.80. The van der Waals surface area contributed by atoms with Crippen LogP contribution in [0.5, 0.6) is 5.75 Å². The molecular formula is C20H20N2O2S2. The predicted octanol–water partition coefficient (Wildman–Crippen LogP) is 5.67. The summed E-state index contributed by atoms with van der Waals surface area (Å²) in [5.74, 6) is 0.900. The average molecular weight is 385 g/mol. The summed E-state index contributed by atoms with van der Waals surface area (Å²) in [7, 11) is 0. The lowest BCUT2D eigenvalue weighted by atomic mass is 10.1. The second-order valence-corrected chi connectivity index (χ2v) is 7.62. The van der Waals surface area contributed by atoms with Gasteiger partial charge >= 0.3 is 0 Å². The third kappa shape index (κ3) is 4.51. The maximum absolute atomic E-state index is 12.5. The summed E-state index contributed by atoms with van der Waals surface area (Å²) in [6.07, 6.45) is 2.21. The van der Waals surface area contributed by atoms with E-state index in [1.165, 1.54) is 23.1 Å². The van der Waals surface area contributed by atoms with Crippen molar-refractivity contribution in [2.75, 3.05) is 12.9 Å². The maximum atomic E-state index is 12.5. The molecule has 1 aromatic heterocycles. The number of hydrogen-bond donors (Lipinski definition) is 0. The van der Waals surface area contributed by atoms with Gasteiger partial charge in [-0.05, 0) is 38.3 Å². The molecular weight excluding hydrogens is 364 g/mol. The number of Topliss-reactive ketones (excluding diaryl/α,β-unsaturated/α-hetero) is 1. The highest BCUT2D eigenvalue weighted by Gasteiger charge is 2.11. The highest BCUT2D eigenvalue weighted by Crippen LogP contribution is 2.31. The summed E-state index contributed by atoms with van der Waals surface area (Å²) in [4.78, 5) is 21.6. The maximum Gasteiger partial charge on any atom is 0.210 e. The van der Waals surface area contributed by atoms with Gasteiger partial charge in [0.1, 0.15) is 5.75 Å². The molecule has 6 heteroatoms. The van der Waals surface area contributed by atoms with Gasteiger partial charge in [-0.25, -0.2) is 9.98 Å². The molecule has 1 heterocycles. The Bertz CT molecular complexity index is 946. The highest BCUT2D eigenvalue weighted by molar-refractivity contribution is 8.13. The number of carbonyl (C=O) groups excluding carboxylic acids is 1. The number of fused-ring (bicyclic) bond motifs is 1. The normalized spacial score (nSPS) is 11.7. The van der Waals surface area contributed by atoms with E-state index in [2.05, 4.69) is 9.98 Å². The molecule has 134 valence electrons. The standard InChI is InChI=1S/C20H20N2O2S2/c1-4-24-15-9-10-16-18(11-15)26-20(21-16)22-19(25-3)12-17(23)14-7-5-13(2)6-8-14/h5-11H,4,12H2,1-3H3/b22-19-. The second kappa shape index (κ2) is 8.47. The monoisotopic (exact) mass is 384 g/mol. The van der Waals surface area contributed by atoms with Crippen molar-refractivity contribution < 1.29 is 9.53 Å². The van der Waals surface area contributed by atoms with Crippen LogP contribution in [0.25, 0.3) is 10.2 Å². The van der Waals surface area contributed by atoms with Crippen LogP contribution in [0.2, 0.25) is 0 Å². The summed E-state index contributed by atoms with van der Waals surface area (Å²) in [5, 5.41) is 1.43. The van der Waals surface area contributed by atoms with Gasteiger partial charge in [-0.2, -0.15) is 0 Å². The number of rotatable bonds is 6. The molecule has 0 radical (unpaired) electrons. The number of aromatic nitrogens is 1. The minimum Gasteiger partial charge on any atom is -0.494 e. The SMILES string of the molecule is CCOc1ccc2nc(/N=C(/CC(=O)c3ccc(C)cc3)SC)sc2c1. The van der Waals surface area contributed by atoms with Crippen molar-refractivity contribution in [1.82, 2.24) is 4.98 Å². The molecule has 2 aromatic carbocycles. The first-order valence-electron chi connectivity index (χ1n) is 8.34. The fraction of sp³-hybridized carbons (Fsp3) is 0.250. The quantitative estimate of drug-likeness (QED) is 0.312. The van der Waals surface area contributed by atoms with Crippen molar-refractivity contribution >= 4 is 49.3 Å². The Morgan fingerprint density at radius 3 is 2.69 bits per heavy atom. The summed E-state index contributed by atoms with van der Waals surface area (Å²) in [6, 6.07) is 13.5. The van der Waals surface area contributed by atoms with Crippen molar-refractivity contribution in [3.8, 4) is 5.75 Å². The molecule has 0 saturated heterocycles. The number of thiazole rings is 1. The smallest absolute Gasteiger partial charge is 0.210 e. The van der Waals surface area contributed by atoms with Crippen LogP contribution in [0.1, 0.15) is 29.3 Å². The van der Waals surface area contributed by atoms with Gasteiger partial charge in [-0.15, -0.1) is 11.8 Å². The second-order valence-electron chi connectivity index (χ2n) is 5.73. The molecule has 0 atom stereocenters. The van der Waals surface area contributed by atoms with Crippen LogP contribution in [0.4, 0.5) is 5.13 Å². The zero-order valence-corrected chi connectivity index (χ0v) is 16.6. The Morgan fingerprint density at radius 2 is 2.00 bits per heavy atom. The molecule has 0 saturated carbocycles. The number of aliphatic imine (C=N–C) groups is 1. The van der Waals surface area contributed by atoms with Gasteiger partial charge in [-0.3, -0.25) is 4.79 Å². The first-order chi connectivity index (χ1) is 12.6. The number of nitrogens with zero attached hydrogens (tertiary/aromatic N) is 2. The Morgan fingerprint density at radius 1 is 1.23 bits per heavy atom. The van der Waals surface area contributed by atoms with Crippen molar-refractivity contribution in [1.29, 1.82) is 0 Å². The largest absolute Gasteiger partial charge is 0.494 e. The topological polar surface area (TPSA) is 51.6 Å². The van der Waals surface area contributed by atoms with Gasteiger partial charge in [0.25, 0.3) is 0 Å². The fourth-order valence-corrected chi connectivity index (χ4v) is 3.84. The van der Waals surface area contributed by atoms with Crippen LogP contribution in [0, 0.1) is 6.92 Å². The first-order valence-corrected chi connectivity index (χ1v) is 10.4. The molecule has 0 unspecified atom stereocenters. The molecule has 4 nitrogen and oxygen atoms in total. The van der Waals surface area contributed by atoms with E-state index in [-0.39, 0.29) is 12.2 Å². The molecule has 0 aliphatic rings. The highest BCUT2D eigenvalue weighted by atomic mass is 32.2. The Balaban J connectivity index is 1.80. The van der Waals surface area contributed by atoms with Crippen molar-refractivity contribution in [3.63, 3.8) is 0 Å². The lowest BCUT2D eigenvalue weighted by Crippen LogP contribution is -2.05. The zero-order chi connectivity index (χ0) is 18.5. The average Bonchev–Trinajstić information content (AvgIpc) is 3.03. The molecule has 0 amide bonds. The fourth-order valence-electron chi connectivity index (χ4n) is 2.44. The Hall–Kier alpha value is -2.18. The molecule has 0 N–H and O–H groups in total. The first kappa shape index (κ1) is 18.6. The molecule has 0 aliphatic heterocycles. The Kier molecular flexibility index (Phi) is 6.06. The van der Waals surface area contributed by atoms with Gasteiger partial charge < -0.3 is 4.74 Å². The molecule has 3 rings (SSSR count). The number of ketones is 1. The molecule has 0 bridgehead atoms. The lowest BCUT2D eigenvalue weighted by molar-refractivity contribution is 0.100. The van der Waals surface area contributed by atoms with Crippen LogP contribution in [-0.4, -0.2) is 28.7 Å². The number of aryl methyl sites for hydroxylation is 1. The van der Waals surface area contributed by atoms with Crippen LogP contribution in [-0.2, 0) is 0 Å². The van der Waals surface area contributed by atoms with Crippen LogP contribution in [0.15, 0.2) is 47.5 Å². The molecule has 0 spiro atoms. The van der Waals surface area contributed by atoms with Crippen LogP contribution in [0.3, 0.4) is 0 Å². The van der Waals surface area contributed by atoms with E-state index in [1.54, 1.807) is 0 Å². The van der Waals surface area contributed by atoms with Crippen molar-refractivity contribution in [2.24, 2.45) is 4.99 Å². The van der Waals surface area contributed by atoms with Gasteiger partial charge in [0, 0.05) is 5.56 Å². The molecule has 26 heavy (non-hydrogen) atoms. The molecule has 3 aromatic rings. The van der Waals surface area contributed by atoms with Crippen LogP contribution < -0.4 is 4.74 Å². The summed E-state index contributed by atoms with van der Waals surface area (Å²) < 4.78 is 6.56. The van der Waals surface area contributed by atoms with E-state index < -0.39 is 0 Å². The summed E-state index contributed by atoms with van der Waals surface area (Å²) >= 11 is 2.99. The molecule has 0 fully saturated rings. The van der Waals surface area contributed by atoms with Crippen LogP contribution >= 0.6 is 23.1 Å². The number of carbonyl (C=O) groups is 1. The minimum absolute atomic E-state index is 0.0674. The minimum atomic E-state index is 0.0674. The van der Waals surface area contributed by atoms with E-state index >= 15 is 0 Å². The summed E-state index contributed by atoms with van der Waals surface area (Å²) in [6.45, 7) is 4.60. The van der Waals surface area contributed by atoms with Crippen molar-refractivity contribution in [3.05, 3.63) is 53.6 Å².